The molecule has 104 valence electrons. The zero-order chi connectivity index (χ0) is 13.9. The molecule has 2 aromatic rings. The van der Waals surface area contributed by atoms with E-state index in [-0.39, 0.29) is 0 Å². The van der Waals surface area contributed by atoms with Gasteiger partial charge in [0.05, 0.1) is 5.02 Å². The van der Waals surface area contributed by atoms with Crippen LogP contribution in [0.1, 0.15) is 29.5 Å². The van der Waals surface area contributed by atoms with Crippen LogP contribution in [0.2, 0.25) is 5.02 Å². The highest BCUT2D eigenvalue weighted by Gasteiger charge is 2.11. The third-order valence-corrected chi connectivity index (χ3v) is 4.64. The van der Waals surface area contributed by atoms with Crippen molar-refractivity contribution in [2.24, 2.45) is 0 Å². The summed E-state index contributed by atoms with van der Waals surface area (Å²) in [4.78, 5) is 0. The number of halogens is 2. The van der Waals surface area contributed by atoms with E-state index in [9.17, 15) is 0 Å². The minimum Gasteiger partial charge on any atom is -0.456 e. The van der Waals surface area contributed by atoms with E-state index in [4.69, 9.17) is 16.3 Å². The molecule has 1 aliphatic carbocycles. The zero-order valence-corrected chi connectivity index (χ0v) is 13.5. The highest BCUT2D eigenvalue weighted by molar-refractivity contribution is 9.08. The highest BCUT2D eigenvalue weighted by Crippen LogP contribution is 2.33. The van der Waals surface area contributed by atoms with Crippen molar-refractivity contribution in [2.45, 2.75) is 31.0 Å². The fourth-order valence-electron chi connectivity index (χ4n) is 2.61. The number of alkyl halides is 1. The Morgan fingerprint density at radius 3 is 2.55 bits per heavy atom. The molecular formula is C17H16BrClO. The van der Waals surface area contributed by atoms with E-state index in [0.717, 1.165) is 23.1 Å². The lowest BCUT2D eigenvalue weighted by molar-refractivity contribution is 0.481. The molecule has 0 heterocycles. The van der Waals surface area contributed by atoms with Crippen LogP contribution >= 0.6 is 27.5 Å². The van der Waals surface area contributed by atoms with Gasteiger partial charge in [-0.05, 0) is 66.6 Å². The number of hydrogen-bond acceptors (Lipinski definition) is 1. The van der Waals surface area contributed by atoms with E-state index in [1.54, 1.807) is 0 Å². The standard InChI is InChI=1S/C17H16BrClO/c18-11-12-5-8-17(16(19)9-12)20-15-7-6-13-3-1-2-4-14(13)10-15/h5-10H,1-4,11H2. The van der Waals surface area contributed by atoms with Gasteiger partial charge in [-0.3, -0.25) is 0 Å². The van der Waals surface area contributed by atoms with E-state index >= 15 is 0 Å². The smallest absolute Gasteiger partial charge is 0.146 e. The molecule has 0 saturated carbocycles. The number of benzene rings is 2. The summed E-state index contributed by atoms with van der Waals surface area (Å²) < 4.78 is 5.93. The Balaban J connectivity index is 1.84. The van der Waals surface area contributed by atoms with Crippen molar-refractivity contribution in [1.29, 1.82) is 0 Å². The number of rotatable bonds is 3. The van der Waals surface area contributed by atoms with Crippen molar-refractivity contribution < 1.29 is 4.74 Å². The van der Waals surface area contributed by atoms with Crippen LogP contribution in [0, 0.1) is 0 Å². The molecule has 3 rings (SSSR count). The lowest BCUT2D eigenvalue weighted by Crippen LogP contribution is -2.02. The predicted octanol–water partition coefficient (Wildman–Crippen LogP) is 5.91. The van der Waals surface area contributed by atoms with Crippen molar-refractivity contribution in [3.05, 3.63) is 58.1 Å². The van der Waals surface area contributed by atoms with Gasteiger partial charge in [0, 0.05) is 5.33 Å². The molecule has 1 aliphatic rings. The minimum absolute atomic E-state index is 0.652. The summed E-state index contributed by atoms with van der Waals surface area (Å²) in [5.74, 6) is 1.59. The first-order valence-electron chi connectivity index (χ1n) is 6.90. The fraction of sp³-hybridized carbons (Fsp3) is 0.294. The van der Waals surface area contributed by atoms with Gasteiger partial charge >= 0.3 is 0 Å². The molecule has 0 unspecified atom stereocenters. The van der Waals surface area contributed by atoms with Crippen molar-refractivity contribution in [3.63, 3.8) is 0 Å². The van der Waals surface area contributed by atoms with Crippen molar-refractivity contribution in [1.82, 2.24) is 0 Å². The van der Waals surface area contributed by atoms with Crippen LogP contribution in [0.4, 0.5) is 0 Å². The Bertz CT molecular complexity index is 624. The predicted molar refractivity (Wildman–Crippen MR) is 87.2 cm³/mol. The Hall–Kier alpha value is -0.990. The maximum Gasteiger partial charge on any atom is 0.146 e. The van der Waals surface area contributed by atoms with Gasteiger partial charge in [-0.1, -0.05) is 39.7 Å². The quantitative estimate of drug-likeness (QED) is 0.625. The third-order valence-electron chi connectivity index (χ3n) is 3.70. The average molecular weight is 352 g/mol. The second kappa shape index (κ2) is 6.19. The van der Waals surface area contributed by atoms with Crippen LogP contribution < -0.4 is 4.74 Å². The van der Waals surface area contributed by atoms with Gasteiger partial charge in [0.25, 0.3) is 0 Å². The Kier molecular flexibility index (Phi) is 4.32. The molecule has 0 saturated heterocycles. The van der Waals surface area contributed by atoms with Crippen LogP contribution in [0.3, 0.4) is 0 Å². The van der Waals surface area contributed by atoms with E-state index in [2.05, 4.69) is 28.1 Å². The lowest BCUT2D eigenvalue weighted by Gasteiger charge is -2.17. The van der Waals surface area contributed by atoms with E-state index in [1.807, 2.05) is 24.3 Å². The lowest BCUT2D eigenvalue weighted by atomic mass is 9.92. The summed E-state index contributed by atoms with van der Waals surface area (Å²) >= 11 is 9.68. The Labute approximate surface area is 133 Å². The SMILES string of the molecule is Clc1cc(CBr)ccc1Oc1ccc2c(c1)CCCC2. The van der Waals surface area contributed by atoms with Gasteiger partial charge in [0.1, 0.15) is 11.5 Å². The van der Waals surface area contributed by atoms with Gasteiger partial charge in [-0.25, -0.2) is 0 Å². The second-order valence-electron chi connectivity index (χ2n) is 5.14. The molecular weight excluding hydrogens is 336 g/mol. The van der Waals surface area contributed by atoms with E-state index < -0.39 is 0 Å². The van der Waals surface area contributed by atoms with Gasteiger partial charge < -0.3 is 4.74 Å². The van der Waals surface area contributed by atoms with Crippen molar-refractivity contribution >= 4 is 27.5 Å². The Morgan fingerprint density at radius 1 is 1.00 bits per heavy atom. The summed E-state index contributed by atoms with van der Waals surface area (Å²) in [5.41, 5.74) is 4.03. The maximum absolute atomic E-state index is 6.26. The number of fused-ring (bicyclic) bond motifs is 1. The molecule has 20 heavy (non-hydrogen) atoms. The Morgan fingerprint density at radius 2 is 1.80 bits per heavy atom. The molecule has 0 aromatic heterocycles. The van der Waals surface area contributed by atoms with Gasteiger partial charge in [-0.15, -0.1) is 0 Å². The summed E-state index contributed by atoms with van der Waals surface area (Å²) in [5, 5.41) is 1.45. The first-order valence-corrected chi connectivity index (χ1v) is 8.40. The number of hydrogen-bond donors (Lipinski definition) is 0. The topological polar surface area (TPSA) is 9.23 Å². The summed E-state index contributed by atoms with van der Waals surface area (Å²) in [7, 11) is 0. The molecule has 0 fully saturated rings. The van der Waals surface area contributed by atoms with Crippen LogP contribution in [0.15, 0.2) is 36.4 Å². The first kappa shape index (κ1) is 14.0. The zero-order valence-electron chi connectivity index (χ0n) is 11.2. The largest absolute Gasteiger partial charge is 0.456 e. The summed E-state index contributed by atoms with van der Waals surface area (Å²) in [6.45, 7) is 0. The molecule has 1 nitrogen and oxygen atoms in total. The third kappa shape index (κ3) is 3.02. The molecule has 2 aromatic carbocycles. The van der Waals surface area contributed by atoms with Crippen molar-refractivity contribution in [3.8, 4) is 11.5 Å². The number of aryl methyl sites for hydroxylation is 2. The van der Waals surface area contributed by atoms with Crippen LogP contribution in [-0.4, -0.2) is 0 Å². The molecule has 0 atom stereocenters. The molecule has 0 bridgehead atoms. The summed E-state index contributed by atoms with van der Waals surface area (Å²) in [6, 6.07) is 12.3. The summed E-state index contributed by atoms with van der Waals surface area (Å²) in [6.07, 6.45) is 4.92. The minimum atomic E-state index is 0.652. The van der Waals surface area contributed by atoms with E-state index in [0.29, 0.717) is 10.8 Å². The van der Waals surface area contributed by atoms with Crippen molar-refractivity contribution in [2.75, 3.05) is 0 Å². The number of ether oxygens (including phenoxy) is 1. The van der Waals surface area contributed by atoms with Gasteiger partial charge in [0.15, 0.2) is 0 Å². The van der Waals surface area contributed by atoms with Crippen LogP contribution in [0.5, 0.6) is 11.5 Å². The first-order chi connectivity index (χ1) is 9.76. The molecule has 0 N–H and O–H groups in total. The molecule has 0 aliphatic heterocycles. The monoisotopic (exact) mass is 350 g/mol. The highest BCUT2D eigenvalue weighted by atomic mass is 79.9. The van der Waals surface area contributed by atoms with Crippen LogP contribution in [0.25, 0.3) is 0 Å². The normalized spacial score (nSPS) is 13.9. The van der Waals surface area contributed by atoms with Gasteiger partial charge in [0.2, 0.25) is 0 Å². The molecule has 0 spiro atoms. The fourth-order valence-corrected chi connectivity index (χ4v) is 3.20. The second-order valence-corrected chi connectivity index (χ2v) is 6.11. The maximum atomic E-state index is 6.26. The average Bonchev–Trinajstić information content (AvgIpc) is 2.49. The van der Waals surface area contributed by atoms with E-state index in [1.165, 1.54) is 30.4 Å². The molecule has 0 radical (unpaired) electrons. The van der Waals surface area contributed by atoms with Crippen LogP contribution in [-0.2, 0) is 18.2 Å². The molecule has 0 amide bonds. The molecule has 3 heteroatoms. The van der Waals surface area contributed by atoms with Gasteiger partial charge in [-0.2, -0.15) is 0 Å².